The highest BCUT2D eigenvalue weighted by Gasteiger charge is 2.24. The van der Waals surface area contributed by atoms with E-state index in [-0.39, 0.29) is 5.78 Å². The molecule has 0 atom stereocenters. The minimum absolute atomic E-state index is 0.0167. The van der Waals surface area contributed by atoms with Crippen molar-refractivity contribution in [2.75, 3.05) is 33.4 Å². The van der Waals surface area contributed by atoms with Gasteiger partial charge in [0.1, 0.15) is 16.4 Å². The molecular formula is C25H29N3O4S. The van der Waals surface area contributed by atoms with Gasteiger partial charge in [-0.1, -0.05) is 0 Å². The Hall–Kier alpha value is -2.39. The van der Waals surface area contributed by atoms with E-state index >= 15 is 0 Å². The standard InChI is InChI=1S/C25H29N3O4S/c1-16(29)17-7-8-20(18(13-17)15-30-2)32-24-23-19-5-3-4-6-21(19)33-25(23)27-22(26-24)14-28-9-11-31-12-10-28/h7-8,13H,3-6,9-12,14-15H2,1-2H3. The SMILES string of the molecule is COCc1cc(C(C)=O)ccc1Oc1nc(CN2CCOCC2)nc2sc3c(c12)CCCC3. The van der Waals surface area contributed by atoms with Gasteiger partial charge in [-0.3, -0.25) is 9.69 Å². The molecule has 1 aliphatic carbocycles. The maximum atomic E-state index is 11.9. The zero-order valence-electron chi connectivity index (χ0n) is 19.2. The van der Waals surface area contributed by atoms with E-state index in [0.717, 1.165) is 60.7 Å². The largest absolute Gasteiger partial charge is 0.438 e. The molecule has 0 spiro atoms. The molecule has 5 rings (SSSR count). The van der Waals surface area contributed by atoms with Crippen molar-refractivity contribution in [1.82, 2.24) is 14.9 Å². The third-order valence-electron chi connectivity index (χ3n) is 6.27. The number of carbonyl (C=O) groups excluding carboxylic acids is 1. The van der Waals surface area contributed by atoms with E-state index in [9.17, 15) is 4.79 Å². The van der Waals surface area contributed by atoms with E-state index in [1.54, 1.807) is 31.4 Å². The summed E-state index contributed by atoms with van der Waals surface area (Å²) in [4.78, 5) is 26.5. The summed E-state index contributed by atoms with van der Waals surface area (Å²) in [6.07, 6.45) is 4.52. The minimum Gasteiger partial charge on any atom is -0.438 e. The summed E-state index contributed by atoms with van der Waals surface area (Å²) in [5.74, 6) is 2.06. The third kappa shape index (κ3) is 4.80. The van der Waals surface area contributed by atoms with Crippen molar-refractivity contribution < 1.29 is 19.0 Å². The van der Waals surface area contributed by atoms with Crippen LogP contribution in [0.5, 0.6) is 11.6 Å². The van der Waals surface area contributed by atoms with Crippen molar-refractivity contribution in [2.45, 2.75) is 45.8 Å². The van der Waals surface area contributed by atoms with Gasteiger partial charge in [-0.15, -0.1) is 11.3 Å². The quantitative estimate of drug-likeness (QED) is 0.472. The first-order valence-electron chi connectivity index (χ1n) is 11.5. The topological polar surface area (TPSA) is 73.8 Å². The monoisotopic (exact) mass is 467 g/mol. The van der Waals surface area contributed by atoms with Crippen molar-refractivity contribution in [1.29, 1.82) is 0 Å². The molecule has 1 fully saturated rings. The van der Waals surface area contributed by atoms with Crippen LogP contribution in [0.2, 0.25) is 0 Å². The second-order valence-corrected chi connectivity index (χ2v) is 9.72. The molecule has 33 heavy (non-hydrogen) atoms. The van der Waals surface area contributed by atoms with Gasteiger partial charge >= 0.3 is 0 Å². The molecule has 0 bridgehead atoms. The number of hydrogen-bond donors (Lipinski definition) is 0. The number of aromatic nitrogens is 2. The number of methoxy groups -OCH3 is 1. The number of rotatable bonds is 7. The second-order valence-electron chi connectivity index (χ2n) is 8.64. The highest BCUT2D eigenvalue weighted by atomic mass is 32.1. The van der Waals surface area contributed by atoms with Crippen LogP contribution in [0.25, 0.3) is 10.2 Å². The number of hydrogen-bond acceptors (Lipinski definition) is 8. The summed E-state index contributed by atoms with van der Waals surface area (Å²) < 4.78 is 17.4. The van der Waals surface area contributed by atoms with Gasteiger partial charge in [-0.05, 0) is 56.4 Å². The number of aryl methyl sites for hydroxylation is 2. The Morgan fingerprint density at radius 1 is 1.18 bits per heavy atom. The number of fused-ring (bicyclic) bond motifs is 3. The number of ketones is 1. The smallest absolute Gasteiger partial charge is 0.231 e. The summed E-state index contributed by atoms with van der Waals surface area (Å²) in [5.41, 5.74) is 2.81. The maximum absolute atomic E-state index is 11.9. The molecule has 1 aliphatic heterocycles. The number of thiophene rings is 1. The lowest BCUT2D eigenvalue weighted by molar-refractivity contribution is 0.0330. The Bertz CT molecular complexity index is 1170. The zero-order chi connectivity index (χ0) is 22.8. The second kappa shape index (κ2) is 9.85. The number of Topliss-reactive ketones (excluding diaryl/α,β-unsaturated/α-hetero) is 1. The van der Waals surface area contributed by atoms with E-state index in [1.165, 1.54) is 23.3 Å². The maximum Gasteiger partial charge on any atom is 0.231 e. The molecule has 174 valence electrons. The van der Waals surface area contributed by atoms with Crippen LogP contribution in [-0.4, -0.2) is 54.1 Å². The first kappa shape index (κ1) is 22.4. The summed E-state index contributed by atoms with van der Waals surface area (Å²) in [7, 11) is 1.64. The first-order valence-corrected chi connectivity index (χ1v) is 12.4. The van der Waals surface area contributed by atoms with Crippen LogP contribution in [-0.2, 0) is 35.5 Å². The first-order chi connectivity index (χ1) is 16.1. The lowest BCUT2D eigenvalue weighted by atomic mass is 9.97. The number of ether oxygens (including phenoxy) is 3. The normalized spacial score (nSPS) is 16.7. The average Bonchev–Trinajstić information content (AvgIpc) is 3.19. The molecule has 0 N–H and O–H groups in total. The molecule has 0 amide bonds. The van der Waals surface area contributed by atoms with Gasteiger partial charge in [0, 0.05) is 36.2 Å². The van der Waals surface area contributed by atoms with Crippen molar-refractivity contribution in [3.63, 3.8) is 0 Å². The molecule has 3 aromatic rings. The lowest BCUT2D eigenvalue weighted by Crippen LogP contribution is -2.36. The highest BCUT2D eigenvalue weighted by molar-refractivity contribution is 7.18. The fraction of sp³-hybridized carbons (Fsp3) is 0.480. The van der Waals surface area contributed by atoms with Crippen molar-refractivity contribution in [2.24, 2.45) is 0 Å². The van der Waals surface area contributed by atoms with Crippen molar-refractivity contribution >= 4 is 27.3 Å². The fourth-order valence-electron chi connectivity index (χ4n) is 4.54. The molecule has 8 heteroatoms. The van der Waals surface area contributed by atoms with Crippen LogP contribution in [0.1, 0.15) is 52.0 Å². The molecule has 2 aliphatic rings. The van der Waals surface area contributed by atoms with Crippen LogP contribution in [0, 0.1) is 0 Å². The van der Waals surface area contributed by atoms with Gasteiger partial charge in [0.2, 0.25) is 5.88 Å². The summed E-state index contributed by atoms with van der Waals surface area (Å²) in [6.45, 7) is 5.82. The molecular weight excluding hydrogens is 438 g/mol. The molecule has 0 saturated carbocycles. The van der Waals surface area contributed by atoms with Crippen molar-refractivity contribution in [3.8, 4) is 11.6 Å². The van der Waals surface area contributed by atoms with Gasteiger partial charge in [0.15, 0.2) is 5.78 Å². The molecule has 1 aromatic carbocycles. The third-order valence-corrected chi connectivity index (χ3v) is 7.46. The number of benzene rings is 1. The van der Waals surface area contributed by atoms with Gasteiger partial charge < -0.3 is 14.2 Å². The van der Waals surface area contributed by atoms with E-state index in [0.29, 0.717) is 30.3 Å². The summed E-state index contributed by atoms with van der Waals surface area (Å²) in [5, 5.41) is 1.04. The molecule has 1 saturated heterocycles. The zero-order valence-corrected chi connectivity index (χ0v) is 20.0. The Morgan fingerprint density at radius 3 is 2.79 bits per heavy atom. The van der Waals surface area contributed by atoms with E-state index in [2.05, 4.69) is 4.90 Å². The predicted octanol–water partition coefficient (Wildman–Crippen LogP) is 4.54. The average molecular weight is 468 g/mol. The number of nitrogens with zero attached hydrogens (tertiary/aromatic N) is 3. The van der Waals surface area contributed by atoms with E-state index < -0.39 is 0 Å². The lowest BCUT2D eigenvalue weighted by Gasteiger charge is -2.25. The van der Waals surface area contributed by atoms with E-state index in [4.69, 9.17) is 24.2 Å². The van der Waals surface area contributed by atoms with Gasteiger partial charge in [0.25, 0.3) is 0 Å². The number of carbonyl (C=O) groups is 1. The predicted molar refractivity (Wildman–Crippen MR) is 127 cm³/mol. The summed E-state index contributed by atoms with van der Waals surface area (Å²) in [6, 6.07) is 5.49. The van der Waals surface area contributed by atoms with Crippen LogP contribution >= 0.6 is 11.3 Å². The van der Waals surface area contributed by atoms with Crippen molar-refractivity contribution in [3.05, 3.63) is 45.6 Å². The Morgan fingerprint density at radius 2 is 2.00 bits per heavy atom. The molecule has 2 aromatic heterocycles. The van der Waals surface area contributed by atoms with Gasteiger partial charge in [-0.2, -0.15) is 4.98 Å². The van der Waals surface area contributed by atoms with Crippen LogP contribution in [0.3, 0.4) is 0 Å². The molecule has 0 unspecified atom stereocenters. The van der Waals surface area contributed by atoms with Crippen LogP contribution in [0.15, 0.2) is 18.2 Å². The fourth-order valence-corrected chi connectivity index (χ4v) is 5.81. The minimum atomic E-state index is 0.0167. The highest BCUT2D eigenvalue weighted by Crippen LogP contribution is 2.41. The van der Waals surface area contributed by atoms with Crippen LogP contribution < -0.4 is 4.74 Å². The Balaban J connectivity index is 1.56. The number of morpholine rings is 1. The van der Waals surface area contributed by atoms with Gasteiger partial charge in [-0.25, -0.2) is 4.98 Å². The molecule has 3 heterocycles. The molecule has 7 nitrogen and oxygen atoms in total. The Labute approximate surface area is 197 Å². The summed E-state index contributed by atoms with van der Waals surface area (Å²) >= 11 is 1.78. The Kier molecular flexibility index (Phi) is 6.69. The van der Waals surface area contributed by atoms with Gasteiger partial charge in [0.05, 0.1) is 31.8 Å². The molecule has 0 radical (unpaired) electrons. The van der Waals surface area contributed by atoms with Crippen LogP contribution in [0.4, 0.5) is 0 Å². The van der Waals surface area contributed by atoms with E-state index in [1.807, 2.05) is 12.1 Å².